The number of nitrogens with zero attached hydrogens (tertiary/aromatic N) is 1. The highest BCUT2D eigenvalue weighted by Gasteiger charge is 2.11. The molecule has 0 aliphatic rings. The van der Waals surface area contributed by atoms with Crippen molar-refractivity contribution in [2.75, 3.05) is 5.32 Å². The van der Waals surface area contributed by atoms with Gasteiger partial charge in [-0.2, -0.15) is 0 Å². The van der Waals surface area contributed by atoms with Crippen molar-refractivity contribution in [2.45, 2.75) is 6.92 Å². The third-order valence-electron chi connectivity index (χ3n) is 4.24. The molecule has 4 aromatic rings. The number of carbonyl (C=O) groups excluding carboxylic acids is 1. The monoisotopic (exact) mass is 421 g/mol. The predicted octanol–water partition coefficient (Wildman–Crippen LogP) is 5.58. The average Bonchev–Trinajstić information content (AvgIpc) is 3.11. The molecule has 1 amide bonds. The van der Waals surface area contributed by atoms with Gasteiger partial charge in [-0.25, -0.2) is 4.98 Å². The molecule has 0 aliphatic heterocycles. The number of nitrogens with one attached hydrogen (secondary N) is 2. The SMILES string of the molecule is Cc1cccc(C(=O)NC(=S)Nc2ccc3oc(-c4ccc(Cl)cc4)nc3c2)c1. The topological polar surface area (TPSA) is 67.2 Å². The van der Waals surface area contributed by atoms with E-state index in [1.54, 1.807) is 30.3 Å². The second kappa shape index (κ2) is 8.03. The van der Waals surface area contributed by atoms with Crippen LogP contribution in [0.15, 0.2) is 71.1 Å². The van der Waals surface area contributed by atoms with Gasteiger partial charge in [0.1, 0.15) is 5.52 Å². The third kappa shape index (κ3) is 4.45. The quantitative estimate of drug-likeness (QED) is 0.422. The number of fused-ring (bicyclic) bond motifs is 1. The van der Waals surface area contributed by atoms with E-state index in [4.69, 9.17) is 28.2 Å². The molecule has 0 fully saturated rings. The van der Waals surface area contributed by atoms with Gasteiger partial charge in [-0.1, -0.05) is 29.3 Å². The number of amides is 1. The minimum absolute atomic E-state index is 0.206. The summed E-state index contributed by atoms with van der Waals surface area (Å²) in [5.74, 6) is 0.239. The molecule has 0 atom stereocenters. The van der Waals surface area contributed by atoms with Crippen molar-refractivity contribution >= 4 is 51.6 Å². The zero-order valence-corrected chi connectivity index (χ0v) is 17.0. The summed E-state index contributed by atoms with van der Waals surface area (Å²) in [6.45, 7) is 1.93. The van der Waals surface area contributed by atoms with Crippen LogP contribution in [0.25, 0.3) is 22.6 Å². The van der Waals surface area contributed by atoms with Gasteiger partial charge in [0.15, 0.2) is 10.7 Å². The van der Waals surface area contributed by atoms with Crippen LogP contribution in [0.3, 0.4) is 0 Å². The Labute approximate surface area is 177 Å². The van der Waals surface area contributed by atoms with Gasteiger partial charge >= 0.3 is 0 Å². The van der Waals surface area contributed by atoms with E-state index in [1.807, 2.05) is 43.3 Å². The number of aryl methyl sites for hydroxylation is 1. The molecule has 2 N–H and O–H groups in total. The second-order valence-corrected chi connectivity index (χ2v) is 7.33. The first-order valence-corrected chi connectivity index (χ1v) is 9.62. The Morgan fingerprint density at radius 3 is 2.62 bits per heavy atom. The van der Waals surface area contributed by atoms with E-state index in [1.165, 1.54) is 0 Å². The molecule has 0 radical (unpaired) electrons. The first-order chi connectivity index (χ1) is 14.0. The summed E-state index contributed by atoms with van der Waals surface area (Å²) in [6, 6.07) is 20.0. The Hall–Kier alpha value is -3.22. The number of hydrogen-bond acceptors (Lipinski definition) is 4. The van der Waals surface area contributed by atoms with E-state index < -0.39 is 0 Å². The zero-order chi connectivity index (χ0) is 20.4. The van der Waals surface area contributed by atoms with E-state index >= 15 is 0 Å². The van der Waals surface area contributed by atoms with Crippen LogP contribution < -0.4 is 10.6 Å². The van der Waals surface area contributed by atoms with E-state index in [9.17, 15) is 4.79 Å². The molecule has 3 aromatic carbocycles. The van der Waals surface area contributed by atoms with Crippen LogP contribution in [0.5, 0.6) is 0 Å². The molecule has 29 heavy (non-hydrogen) atoms. The largest absolute Gasteiger partial charge is 0.436 e. The molecule has 0 bridgehead atoms. The van der Waals surface area contributed by atoms with Gasteiger partial charge in [-0.15, -0.1) is 0 Å². The van der Waals surface area contributed by atoms with Crippen molar-refractivity contribution in [2.24, 2.45) is 0 Å². The van der Waals surface area contributed by atoms with Gasteiger partial charge in [-0.3, -0.25) is 10.1 Å². The average molecular weight is 422 g/mol. The number of oxazole rings is 1. The van der Waals surface area contributed by atoms with Gasteiger partial charge in [0.2, 0.25) is 5.89 Å². The lowest BCUT2D eigenvalue weighted by molar-refractivity contribution is 0.0977. The number of hydrogen-bond donors (Lipinski definition) is 2. The van der Waals surface area contributed by atoms with Crippen molar-refractivity contribution in [3.63, 3.8) is 0 Å². The molecule has 4 rings (SSSR count). The minimum atomic E-state index is -0.265. The van der Waals surface area contributed by atoms with E-state index in [0.717, 1.165) is 11.1 Å². The number of halogens is 1. The number of thiocarbonyl (C=S) groups is 1. The lowest BCUT2D eigenvalue weighted by Crippen LogP contribution is -2.34. The van der Waals surface area contributed by atoms with Gasteiger partial charge in [0.25, 0.3) is 5.91 Å². The Balaban J connectivity index is 1.48. The summed E-state index contributed by atoms with van der Waals surface area (Å²) in [6.07, 6.45) is 0. The lowest BCUT2D eigenvalue weighted by atomic mass is 10.1. The molecule has 0 saturated carbocycles. The summed E-state index contributed by atoms with van der Waals surface area (Å²) in [4.78, 5) is 16.8. The van der Waals surface area contributed by atoms with Crippen molar-refractivity contribution in [3.05, 3.63) is 82.9 Å². The Morgan fingerprint density at radius 1 is 1.07 bits per heavy atom. The first-order valence-electron chi connectivity index (χ1n) is 8.83. The Bertz CT molecular complexity index is 1220. The molecule has 1 aromatic heterocycles. The molecule has 5 nitrogen and oxygen atoms in total. The molecule has 0 unspecified atom stereocenters. The summed E-state index contributed by atoms with van der Waals surface area (Å²) in [7, 11) is 0. The molecule has 0 saturated heterocycles. The third-order valence-corrected chi connectivity index (χ3v) is 4.70. The number of aromatic nitrogens is 1. The fourth-order valence-corrected chi connectivity index (χ4v) is 3.18. The van der Waals surface area contributed by atoms with Crippen molar-refractivity contribution in [1.82, 2.24) is 10.3 Å². The van der Waals surface area contributed by atoms with Gasteiger partial charge < -0.3 is 9.73 Å². The zero-order valence-electron chi connectivity index (χ0n) is 15.4. The summed E-state index contributed by atoms with van der Waals surface area (Å²) < 4.78 is 5.80. The molecule has 7 heteroatoms. The Morgan fingerprint density at radius 2 is 1.86 bits per heavy atom. The predicted molar refractivity (Wildman–Crippen MR) is 119 cm³/mol. The number of benzene rings is 3. The highest BCUT2D eigenvalue weighted by Crippen LogP contribution is 2.27. The maximum absolute atomic E-state index is 12.3. The van der Waals surface area contributed by atoms with Gasteiger partial charge in [-0.05, 0) is 73.7 Å². The van der Waals surface area contributed by atoms with Gasteiger partial charge in [0.05, 0.1) is 0 Å². The molecular weight excluding hydrogens is 406 g/mol. The van der Waals surface area contributed by atoms with E-state index in [2.05, 4.69) is 15.6 Å². The number of rotatable bonds is 3. The molecule has 0 aliphatic carbocycles. The summed E-state index contributed by atoms with van der Waals surface area (Å²) in [5.41, 5.74) is 4.41. The molecule has 144 valence electrons. The maximum atomic E-state index is 12.3. The van der Waals surface area contributed by atoms with Crippen LogP contribution in [0.1, 0.15) is 15.9 Å². The maximum Gasteiger partial charge on any atom is 0.257 e. The van der Waals surface area contributed by atoms with Gasteiger partial charge in [0, 0.05) is 21.8 Å². The van der Waals surface area contributed by atoms with Crippen LogP contribution in [0.4, 0.5) is 5.69 Å². The smallest absolute Gasteiger partial charge is 0.257 e. The fourth-order valence-electron chi connectivity index (χ4n) is 2.85. The molecular formula is C22H16ClN3O2S. The van der Waals surface area contributed by atoms with E-state index in [-0.39, 0.29) is 11.0 Å². The normalized spacial score (nSPS) is 10.7. The molecule has 0 spiro atoms. The Kier molecular flexibility index (Phi) is 5.29. The van der Waals surface area contributed by atoms with Crippen molar-refractivity contribution in [3.8, 4) is 11.5 Å². The number of carbonyl (C=O) groups is 1. The number of anilines is 1. The van der Waals surface area contributed by atoms with Crippen LogP contribution in [-0.2, 0) is 0 Å². The highest BCUT2D eigenvalue weighted by molar-refractivity contribution is 7.80. The lowest BCUT2D eigenvalue weighted by Gasteiger charge is -2.09. The summed E-state index contributed by atoms with van der Waals surface area (Å²) in [5, 5.41) is 6.54. The van der Waals surface area contributed by atoms with Crippen molar-refractivity contribution < 1.29 is 9.21 Å². The van der Waals surface area contributed by atoms with Crippen LogP contribution in [0, 0.1) is 6.92 Å². The second-order valence-electron chi connectivity index (χ2n) is 6.49. The summed E-state index contributed by atoms with van der Waals surface area (Å²) >= 11 is 11.2. The first kappa shape index (κ1) is 19.1. The van der Waals surface area contributed by atoms with Crippen LogP contribution in [-0.4, -0.2) is 16.0 Å². The van der Waals surface area contributed by atoms with Crippen LogP contribution >= 0.6 is 23.8 Å². The highest BCUT2D eigenvalue weighted by atomic mass is 35.5. The van der Waals surface area contributed by atoms with Crippen molar-refractivity contribution in [1.29, 1.82) is 0 Å². The van der Waals surface area contributed by atoms with Crippen LogP contribution in [0.2, 0.25) is 5.02 Å². The fraction of sp³-hybridized carbons (Fsp3) is 0.0455. The molecule has 1 heterocycles. The standard InChI is InChI=1S/C22H16ClN3O2S/c1-13-3-2-4-15(11-13)20(27)26-22(29)24-17-9-10-19-18(12-17)25-21(28-19)14-5-7-16(23)8-6-14/h2-12H,1H3,(H2,24,26,27,29). The van der Waals surface area contributed by atoms with E-state index in [0.29, 0.717) is 33.3 Å². The minimum Gasteiger partial charge on any atom is -0.436 e.